The Bertz CT molecular complexity index is 387. The van der Waals surface area contributed by atoms with Gasteiger partial charge < -0.3 is 15.7 Å². The van der Waals surface area contributed by atoms with Crippen molar-refractivity contribution < 1.29 is 9.90 Å². The largest absolute Gasteiger partial charge is 0.478 e. The highest BCUT2D eigenvalue weighted by Crippen LogP contribution is 2.09. The molecule has 92 valence electrons. The molecule has 1 saturated heterocycles. The topological polar surface area (TPSA) is 61.4 Å². The summed E-state index contributed by atoms with van der Waals surface area (Å²) in [6.45, 7) is 3.05. The maximum absolute atomic E-state index is 10.8. The summed E-state index contributed by atoms with van der Waals surface area (Å²) >= 11 is 0. The molecule has 1 heterocycles. The Morgan fingerprint density at radius 3 is 3.00 bits per heavy atom. The summed E-state index contributed by atoms with van der Waals surface area (Å²) in [5, 5.41) is 15.7. The monoisotopic (exact) mass is 234 g/mol. The van der Waals surface area contributed by atoms with Crippen molar-refractivity contribution in [1.29, 1.82) is 0 Å². The molecular weight excluding hydrogens is 216 g/mol. The molecule has 0 aliphatic carbocycles. The number of carbonyl (C=O) groups is 1. The van der Waals surface area contributed by atoms with Crippen LogP contribution in [0.4, 0.5) is 0 Å². The predicted octanol–water partition coefficient (Wildman–Crippen LogP) is 0.879. The van der Waals surface area contributed by atoms with Crippen molar-refractivity contribution in [2.75, 3.05) is 19.6 Å². The van der Waals surface area contributed by atoms with E-state index in [4.69, 9.17) is 5.11 Å². The van der Waals surface area contributed by atoms with Gasteiger partial charge in [-0.2, -0.15) is 0 Å². The van der Waals surface area contributed by atoms with Crippen LogP contribution in [0, 0.1) is 0 Å². The van der Waals surface area contributed by atoms with Crippen LogP contribution in [0.15, 0.2) is 24.3 Å². The Morgan fingerprint density at radius 1 is 1.41 bits per heavy atom. The van der Waals surface area contributed by atoms with Crippen LogP contribution in [0.3, 0.4) is 0 Å². The summed E-state index contributed by atoms with van der Waals surface area (Å²) in [4.78, 5) is 10.8. The van der Waals surface area contributed by atoms with Crippen LogP contribution < -0.4 is 10.6 Å². The van der Waals surface area contributed by atoms with E-state index in [0.717, 1.165) is 38.0 Å². The third-order valence-corrected chi connectivity index (χ3v) is 3.08. The standard InChI is InChI=1S/C13H18N2O2/c16-13(17)11-3-1-2-10(8-11)4-5-12-9-14-6-7-15-12/h1-3,8,12,14-15H,4-7,9H2,(H,16,17)/t12-/m1/s1. The molecule has 0 aromatic heterocycles. The fourth-order valence-corrected chi connectivity index (χ4v) is 2.12. The zero-order valence-electron chi connectivity index (χ0n) is 9.78. The van der Waals surface area contributed by atoms with Gasteiger partial charge in [0.1, 0.15) is 0 Å². The van der Waals surface area contributed by atoms with Gasteiger partial charge in [0.2, 0.25) is 0 Å². The molecule has 1 aromatic carbocycles. The van der Waals surface area contributed by atoms with Crippen molar-refractivity contribution >= 4 is 5.97 Å². The molecule has 1 atom stereocenters. The predicted molar refractivity (Wildman–Crippen MR) is 66.4 cm³/mol. The third-order valence-electron chi connectivity index (χ3n) is 3.08. The maximum atomic E-state index is 10.8. The van der Waals surface area contributed by atoms with Crippen molar-refractivity contribution in [3.05, 3.63) is 35.4 Å². The number of carboxylic acid groups (broad SMARTS) is 1. The molecule has 17 heavy (non-hydrogen) atoms. The van der Waals surface area contributed by atoms with Gasteiger partial charge in [0.05, 0.1) is 5.56 Å². The van der Waals surface area contributed by atoms with Gasteiger partial charge in [-0.05, 0) is 30.5 Å². The molecule has 0 unspecified atom stereocenters. The molecule has 1 aliphatic heterocycles. The van der Waals surface area contributed by atoms with Gasteiger partial charge in [-0.25, -0.2) is 4.79 Å². The molecule has 4 heteroatoms. The molecule has 4 nitrogen and oxygen atoms in total. The highest BCUT2D eigenvalue weighted by molar-refractivity contribution is 5.87. The van der Waals surface area contributed by atoms with E-state index in [-0.39, 0.29) is 0 Å². The van der Waals surface area contributed by atoms with E-state index in [1.165, 1.54) is 0 Å². The summed E-state index contributed by atoms with van der Waals surface area (Å²) in [6.07, 6.45) is 1.95. The van der Waals surface area contributed by atoms with E-state index < -0.39 is 5.97 Å². The molecule has 1 aromatic rings. The van der Waals surface area contributed by atoms with E-state index in [2.05, 4.69) is 10.6 Å². The minimum Gasteiger partial charge on any atom is -0.478 e. The summed E-state index contributed by atoms with van der Waals surface area (Å²) in [6, 6.07) is 7.69. The van der Waals surface area contributed by atoms with Crippen molar-refractivity contribution in [3.63, 3.8) is 0 Å². The smallest absolute Gasteiger partial charge is 0.335 e. The number of rotatable bonds is 4. The number of nitrogens with one attached hydrogen (secondary N) is 2. The molecular formula is C13H18N2O2. The highest BCUT2D eigenvalue weighted by atomic mass is 16.4. The molecule has 0 spiro atoms. The Balaban J connectivity index is 1.89. The quantitative estimate of drug-likeness (QED) is 0.723. The van der Waals surface area contributed by atoms with Crippen LogP contribution >= 0.6 is 0 Å². The Hall–Kier alpha value is -1.39. The second-order valence-electron chi connectivity index (χ2n) is 4.40. The summed E-state index contributed by atoms with van der Waals surface area (Å²) < 4.78 is 0. The van der Waals surface area contributed by atoms with Crippen molar-refractivity contribution in [2.45, 2.75) is 18.9 Å². The van der Waals surface area contributed by atoms with Crippen LogP contribution in [0.25, 0.3) is 0 Å². The lowest BCUT2D eigenvalue weighted by Crippen LogP contribution is -2.48. The molecule has 2 rings (SSSR count). The Labute approximate surface area is 101 Å². The van der Waals surface area contributed by atoms with Gasteiger partial charge in [-0.1, -0.05) is 12.1 Å². The Kier molecular flexibility index (Phi) is 4.12. The van der Waals surface area contributed by atoms with E-state index in [1.807, 2.05) is 12.1 Å². The minimum absolute atomic E-state index is 0.372. The first-order chi connectivity index (χ1) is 8.25. The van der Waals surface area contributed by atoms with Gasteiger partial charge in [0.15, 0.2) is 0 Å². The van der Waals surface area contributed by atoms with Crippen LogP contribution in [-0.2, 0) is 6.42 Å². The molecule has 1 fully saturated rings. The zero-order chi connectivity index (χ0) is 12.1. The van der Waals surface area contributed by atoms with Gasteiger partial charge in [-0.15, -0.1) is 0 Å². The first-order valence-electron chi connectivity index (χ1n) is 6.02. The number of aromatic carboxylic acids is 1. The number of aryl methyl sites for hydroxylation is 1. The lowest BCUT2D eigenvalue weighted by atomic mass is 10.0. The van der Waals surface area contributed by atoms with Gasteiger partial charge in [0.25, 0.3) is 0 Å². The highest BCUT2D eigenvalue weighted by Gasteiger charge is 2.12. The summed E-state index contributed by atoms with van der Waals surface area (Å²) in [7, 11) is 0. The first-order valence-corrected chi connectivity index (χ1v) is 6.02. The lowest BCUT2D eigenvalue weighted by molar-refractivity contribution is 0.0697. The number of hydrogen-bond donors (Lipinski definition) is 3. The SMILES string of the molecule is O=C(O)c1cccc(CC[C@@H]2CNCCN2)c1. The second kappa shape index (κ2) is 5.80. The summed E-state index contributed by atoms with van der Waals surface area (Å²) in [5.74, 6) is -0.857. The van der Waals surface area contributed by atoms with Crippen molar-refractivity contribution in [1.82, 2.24) is 10.6 Å². The number of benzene rings is 1. The second-order valence-corrected chi connectivity index (χ2v) is 4.40. The normalized spacial score (nSPS) is 20.1. The molecule has 1 aliphatic rings. The maximum Gasteiger partial charge on any atom is 0.335 e. The van der Waals surface area contributed by atoms with Crippen LogP contribution in [0.2, 0.25) is 0 Å². The zero-order valence-corrected chi connectivity index (χ0v) is 9.78. The average molecular weight is 234 g/mol. The minimum atomic E-state index is -0.857. The van der Waals surface area contributed by atoms with E-state index in [0.29, 0.717) is 11.6 Å². The number of piperazine rings is 1. The van der Waals surface area contributed by atoms with Crippen LogP contribution in [0.5, 0.6) is 0 Å². The Morgan fingerprint density at radius 2 is 2.29 bits per heavy atom. The fourth-order valence-electron chi connectivity index (χ4n) is 2.12. The molecule has 0 saturated carbocycles. The van der Waals surface area contributed by atoms with Crippen LogP contribution in [0.1, 0.15) is 22.3 Å². The average Bonchev–Trinajstić information content (AvgIpc) is 2.38. The number of hydrogen-bond acceptors (Lipinski definition) is 3. The fraction of sp³-hybridized carbons (Fsp3) is 0.462. The molecule has 3 N–H and O–H groups in total. The van der Waals surface area contributed by atoms with Gasteiger partial charge in [0, 0.05) is 25.7 Å². The van der Waals surface area contributed by atoms with Crippen molar-refractivity contribution in [3.8, 4) is 0 Å². The van der Waals surface area contributed by atoms with Crippen molar-refractivity contribution in [2.24, 2.45) is 0 Å². The van der Waals surface area contributed by atoms with E-state index in [1.54, 1.807) is 12.1 Å². The first kappa shape index (κ1) is 12.1. The van der Waals surface area contributed by atoms with Gasteiger partial charge >= 0.3 is 5.97 Å². The molecule has 0 amide bonds. The van der Waals surface area contributed by atoms with Crippen LogP contribution in [-0.4, -0.2) is 36.8 Å². The summed E-state index contributed by atoms with van der Waals surface area (Å²) in [5.41, 5.74) is 1.47. The third kappa shape index (κ3) is 3.54. The molecule has 0 bridgehead atoms. The van der Waals surface area contributed by atoms with E-state index in [9.17, 15) is 4.79 Å². The van der Waals surface area contributed by atoms with Gasteiger partial charge in [-0.3, -0.25) is 0 Å². The number of carboxylic acids is 1. The lowest BCUT2D eigenvalue weighted by Gasteiger charge is -2.24. The van der Waals surface area contributed by atoms with E-state index >= 15 is 0 Å². The molecule has 0 radical (unpaired) electrons.